The van der Waals surface area contributed by atoms with Crippen molar-refractivity contribution in [2.45, 2.75) is 19.9 Å². The van der Waals surface area contributed by atoms with E-state index in [9.17, 15) is 4.79 Å². The van der Waals surface area contributed by atoms with E-state index in [2.05, 4.69) is 20.9 Å². The van der Waals surface area contributed by atoms with Crippen molar-refractivity contribution < 1.29 is 9.53 Å². The van der Waals surface area contributed by atoms with Gasteiger partial charge in [0.25, 0.3) is 0 Å². The standard InChI is InChI=1S/C14H15BrN2O2/c1-3-19-13(18)12-9-16-14(15)17(12)10(2)11-7-5-4-6-8-11/h4-10H,3H2,1-2H3/t10-/m1/s1. The smallest absolute Gasteiger partial charge is 0.356 e. The van der Waals surface area contributed by atoms with Crippen molar-refractivity contribution in [1.82, 2.24) is 9.55 Å². The molecule has 1 aromatic carbocycles. The van der Waals surface area contributed by atoms with Gasteiger partial charge in [0.1, 0.15) is 5.69 Å². The van der Waals surface area contributed by atoms with Gasteiger partial charge in [0, 0.05) is 0 Å². The largest absolute Gasteiger partial charge is 0.461 e. The molecule has 1 aromatic heterocycles. The second-order valence-corrected chi connectivity index (χ2v) is 4.80. The average molecular weight is 323 g/mol. The highest BCUT2D eigenvalue weighted by atomic mass is 79.9. The van der Waals surface area contributed by atoms with Crippen LogP contribution in [0.4, 0.5) is 0 Å². The van der Waals surface area contributed by atoms with E-state index in [0.29, 0.717) is 17.0 Å². The summed E-state index contributed by atoms with van der Waals surface area (Å²) in [5.74, 6) is -0.358. The molecule has 0 saturated heterocycles. The first-order chi connectivity index (χ1) is 9.15. The number of ether oxygens (including phenoxy) is 1. The molecular weight excluding hydrogens is 308 g/mol. The minimum atomic E-state index is -0.358. The summed E-state index contributed by atoms with van der Waals surface area (Å²) in [5.41, 5.74) is 1.55. The number of halogens is 1. The molecule has 5 heteroatoms. The van der Waals surface area contributed by atoms with E-state index in [1.165, 1.54) is 6.20 Å². The lowest BCUT2D eigenvalue weighted by molar-refractivity contribution is 0.0512. The van der Waals surface area contributed by atoms with E-state index >= 15 is 0 Å². The Kier molecular flexibility index (Phi) is 4.37. The first-order valence-electron chi connectivity index (χ1n) is 6.10. The lowest BCUT2D eigenvalue weighted by Crippen LogP contribution is -2.16. The summed E-state index contributed by atoms with van der Waals surface area (Å²) in [6, 6.07) is 9.95. The van der Waals surface area contributed by atoms with Crippen LogP contribution in [0, 0.1) is 0 Å². The predicted octanol–water partition coefficient (Wildman–Crippen LogP) is 3.43. The molecule has 0 amide bonds. The number of benzene rings is 1. The van der Waals surface area contributed by atoms with Gasteiger partial charge in [0.2, 0.25) is 0 Å². The zero-order valence-electron chi connectivity index (χ0n) is 10.8. The van der Waals surface area contributed by atoms with Crippen LogP contribution in [0.1, 0.15) is 35.9 Å². The van der Waals surface area contributed by atoms with Gasteiger partial charge in [-0.25, -0.2) is 9.78 Å². The summed E-state index contributed by atoms with van der Waals surface area (Å²) < 4.78 is 7.49. The molecule has 0 radical (unpaired) electrons. The first kappa shape index (κ1) is 13.8. The van der Waals surface area contributed by atoms with Crippen LogP contribution >= 0.6 is 15.9 Å². The predicted molar refractivity (Wildman–Crippen MR) is 76.1 cm³/mol. The molecule has 19 heavy (non-hydrogen) atoms. The van der Waals surface area contributed by atoms with Gasteiger partial charge in [-0.2, -0.15) is 0 Å². The molecular formula is C14H15BrN2O2. The third kappa shape index (κ3) is 2.87. The van der Waals surface area contributed by atoms with Crippen LogP contribution in [-0.4, -0.2) is 22.1 Å². The number of carbonyl (C=O) groups is 1. The van der Waals surface area contributed by atoms with Gasteiger partial charge in [0.15, 0.2) is 4.73 Å². The van der Waals surface area contributed by atoms with Gasteiger partial charge >= 0.3 is 5.97 Å². The van der Waals surface area contributed by atoms with Crippen molar-refractivity contribution in [3.63, 3.8) is 0 Å². The maximum absolute atomic E-state index is 11.9. The van der Waals surface area contributed by atoms with Gasteiger partial charge in [-0.15, -0.1) is 0 Å². The summed E-state index contributed by atoms with van der Waals surface area (Å²) in [5, 5.41) is 0. The van der Waals surface area contributed by atoms with E-state index in [4.69, 9.17) is 4.74 Å². The fraction of sp³-hybridized carbons (Fsp3) is 0.286. The maximum atomic E-state index is 11.9. The number of nitrogens with zero attached hydrogens (tertiary/aromatic N) is 2. The molecule has 1 atom stereocenters. The molecule has 0 bridgehead atoms. The minimum absolute atomic E-state index is 0.00233. The van der Waals surface area contributed by atoms with Gasteiger partial charge < -0.3 is 9.30 Å². The van der Waals surface area contributed by atoms with Crippen molar-refractivity contribution >= 4 is 21.9 Å². The number of hydrogen-bond donors (Lipinski definition) is 0. The highest BCUT2D eigenvalue weighted by Crippen LogP contribution is 2.25. The zero-order valence-corrected chi connectivity index (χ0v) is 12.4. The minimum Gasteiger partial charge on any atom is -0.461 e. The van der Waals surface area contributed by atoms with E-state index in [-0.39, 0.29) is 12.0 Å². The second-order valence-electron chi connectivity index (χ2n) is 4.09. The van der Waals surface area contributed by atoms with Crippen molar-refractivity contribution in [2.75, 3.05) is 6.61 Å². The normalized spacial score (nSPS) is 12.2. The van der Waals surface area contributed by atoms with Crippen LogP contribution in [0.25, 0.3) is 0 Å². The fourth-order valence-electron chi connectivity index (χ4n) is 1.94. The summed E-state index contributed by atoms with van der Waals surface area (Å²) in [6.07, 6.45) is 1.53. The Labute approximate surface area is 120 Å². The summed E-state index contributed by atoms with van der Waals surface area (Å²) >= 11 is 3.38. The molecule has 0 spiro atoms. The summed E-state index contributed by atoms with van der Waals surface area (Å²) in [6.45, 7) is 4.15. The van der Waals surface area contributed by atoms with Crippen molar-refractivity contribution in [2.24, 2.45) is 0 Å². The van der Waals surface area contributed by atoms with Crippen LogP contribution < -0.4 is 0 Å². The van der Waals surface area contributed by atoms with E-state index in [1.807, 2.05) is 41.8 Å². The molecule has 0 aliphatic heterocycles. The quantitative estimate of drug-likeness (QED) is 0.810. The molecule has 100 valence electrons. The van der Waals surface area contributed by atoms with Crippen LogP contribution in [0.2, 0.25) is 0 Å². The molecule has 2 aromatic rings. The van der Waals surface area contributed by atoms with Crippen molar-refractivity contribution in [3.8, 4) is 0 Å². The maximum Gasteiger partial charge on any atom is 0.356 e. The first-order valence-corrected chi connectivity index (χ1v) is 6.89. The van der Waals surface area contributed by atoms with Crippen LogP contribution in [-0.2, 0) is 4.74 Å². The molecule has 0 saturated carbocycles. The highest BCUT2D eigenvalue weighted by molar-refractivity contribution is 9.10. The molecule has 0 unspecified atom stereocenters. The van der Waals surface area contributed by atoms with E-state index in [0.717, 1.165) is 5.56 Å². The molecule has 0 N–H and O–H groups in total. The Balaban J connectivity index is 2.39. The van der Waals surface area contributed by atoms with Crippen LogP contribution in [0.15, 0.2) is 41.3 Å². The number of esters is 1. The topological polar surface area (TPSA) is 44.1 Å². The summed E-state index contributed by atoms with van der Waals surface area (Å²) in [7, 11) is 0. The summed E-state index contributed by atoms with van der Waals surface area (Å²) in [4.78, 5) is 16.1. The Morgan fingerprint density at radius 2 is 2.11 bits per heavy atom. The number of carbonyl (C=O) groups excluding carboxylic acids is 1. The molecule has 0 fully saturated rings. The monoisotopic (exact) mass is 322 g/mol. The van der Waals surface area contributed by atoms with E-state index < -0.39 is 0 Å². The number of aromatic nitrogens is 2. The SMILES string of the molecule is CCOC(=O)c1cnc(Br)n1[C@H](C)c1ccccc1. The average Bonchev–Trinajstić information content (AvgIpc) is 2.81. The Hall–Kier alpha value is -1.62. The Morgan fingerprint density at radius 3 is 2.74 bits per heavy atom. The number of rotatable bonds is 4. The molecule has 0 aliphatic rings. The molecule has 2 rings (SSSR count). The van der Waals surface area contributed by atoms with Crippen LogP contribution in [0.5, 0.6) is 0 Å². The third-order valence-electron chi connectivity index (χ3n) is 2.91. The third-order valence-corrected chi connectivity index (χ3v) is 3.49. The van der Waals surface area contributed by atoms with Gasteiger partial charge in [-0.1, -0.05) is 30.3 Å². The fourth-order valence-corrected chi connectivity index (χ4v) is 2.54. The van der Waals surface area contributed by atoms with E-state index in [1.54, 1.807) is 6.92 Å². The van der Waals surface area contributed by atoms with Crippen molar-refractivity contribution in [1.29, 1.82) is 0 Å². The van der Waals surface area contributed by atoms with Gasteiger partial charge in [-0.05, 0) is 35.3 Å². The highest BCUT2D eigenvalue weighted by Gasteiger charge is 2.21. The Morgan fingerprint density at radius 1 is 1.42 bits per heavy atom. The van der Waals surface area contributed by atoms with Crippen LogP contribution in [0.3, 0.4) is 0 Å². The second kappa shape index (κ2) is 6.02. The van der Waals surface area contributed by atoms with Gasteiger partial charge in [0.05, 0.1) is 18.8 Å². The van der Waals surface area contributed by atoms with Crippen molar-refractivity contribution in [3.05, 3.63) is 52.5 Å². The number of hydrogen-bond acceptors (Lipinski definition) is 3. The van der Waals surface area contributed by atoms with Gasteiger partial charge in [-0.3, -0.25) is 0 Å². The molecule has 1 heterocycles. The molecule has 0 aliphatic carbocycles. The molecule has 4 nitrogen and oxygen atoms in total. The number of imidazole rings is 1. The lowest BCUT2D eigenvalue weighted by Gasteiger charge is -2.17. The lowest BCUT2D eigenvalue weighted by atomic mass is 10.1. The Bertz CT molecular complexity index is 566. The zero-order chi connectivity index (χ0) is 13.8.